The molecule has 0 fully saturated rings. The molecular weight excluding hydrogens is 423 g/mol. The van der Waals surface area contributed by atoms with Crippen LogP contribution in [0.15, 0.2) is 59.6 Å². The fraction of sp³-hybridized carbons (Fsp3) is 0.143. The molecule has 0 radical (unpaired) electrons. The van der Waals surface area contributed by atoms with Gasteiger partial charge < -0.3 is 10.6 Å². The zero-order chi connectivity index (χ0) is 21.5. The summed E-state index contributed by atoms with van der Waals surface area (Å²) in [5.74, 6) is 0.431. The fourth-order valence-electron chi connectivity index (χ4n) is 2.58. The third kappa shape index (κ3) is 6.47. The fourth-order valence-corrected chi connectivity index (χ4v) is 2.97. The lowest BCUT2D eigenvalue weighted by molar-refractivity contribution is 0.627. The lowest BCUT2D eigenvalue weighted by Gasteiger charge is -2.15. The molecule has 0 bridgehead atoms. The molecule has 0 aliphatic heterocycles. The molecule has 30 heavy (non-hydrogen) atoms. The van der Waals surface area contributed by atoms with Crippen molar-refractivity contribution in [2.24, 2.45) is 4.99 Å². The van der Waals surface area contributed by atoms with Crippen molar-refractivity contribution < 1.29 is 4.39 Å². The minimum Gasteiger partial charge on any atom is -0.331 e. The van der Waals surface area contributed by atoms with Crippen LogP contribution in [0.4, 0.5) is 16.0 Å². The normalized spacial score (nSPS) is 11.1. The van der Waals surface area contributed by atoms with Crippen LogP contribution in [0.1, 0.15) is 17.0 Å². The topological polar surface area (TPSA) is 74.2 Å². The standard InChI is InChI=1S/C21H20ClFN6S/c1-13-11-14(2)26-20(25-13)28-19(24-12-15-7-9-16(23)10-8-15)29-21(30)27-18-6-4-3-5-17(18)22/h3-11H,12H2,1-2H3,(H3,24,25,26,27,28,29,30). The molecule has 2 aromatic carbocycles. The highest BCUT2D eigenvalue weighted by molar-refractivity contribution is 7.80. The molecule has 3 N–H and O–H groups in total. The first-order chi connectivity index (χ1) is 14.4. The number of benzene rings is 2. The van der Waals surface area contributed by atoms with Crippen molar-refractivity contribution in [1.82, 2.24) is 15.3 Å². The number of thiocarbonyl (C=S) groups is 1. The number of aromatic nitrogens is 2. The number of para-hydroxylation sites is 1. The highest BCUT2D eigenvalue weighted by atomic mass is 35.5. The van der Waals surface area contributed by atoms with E-state index in [4.69, 9.17) is 23.8 Å². The number of guanidine groups is 1. The number of nitrogens with zero attached hydrogens (tertiary/aromatic N) is 3. The summed E-state index contributed by atoms with van der Waals surface area (Å²) in [6.07, 6.45) is 0. The van der Waals surface area contributed by atoms with Crippen LogP contribution in [0.25, 0.3) is 0 Å². The van der Waals surface area contributed by atoms with Crippen LogP contribution in [-0.2, 0) is 6.54 Å². The van der Waals surface area contributed by atoms with Crippen LogP contribution in [0.5, 0.6) is 0 Å². The Morgan fingerprint density at radius 1 is 1.03 bits per heavy atom. The second kappa shape index (κ2) is 10.1. The number of hydrogen-bond acceptors (Lipinski definition) is 4. The van der Waals surface area contributed by atoms with Crippen molar-refractivity contribution in [2.45, 2.75) is 20.4 Å². The van der Waals surface area contributed by atoms with Crippen molar-refractivity contribution in [3.05, 3.63) is 82.4 Å². The zero-order valence-corrected chi connectivity index (χ0v) is 18.0. The van der Waals surface area contributed by atoms with Crippen molar-refractivity contribution in [1.29, 1.82) is 0 Å². The summed E-state index contributed by atoms with van der Waals surface area (Å²) >= 11 is 11.6. The molecule has 0 aliphatic rings. The van der Waals surface area contributed by atoms with Gasteiger partial charge >= 0.3 is 0 Å². The highest BCUT2D eigenvalue weighted by Gasteiger charge is 2.08. The number of rotatable bonds is 4. The quantitative estimate of drug-likeness (QED) is 0.305. The second-order valence-corrected chi connectivity index (χ2v) is 7.27. The van der Waals surface area contributed by atoms with Gasteiger partial charge in [-0.25, -0.2) is 19.4 Å². The molecule has 1 aromatic heterocycles. The van der Waals surface area contributed by atoms with Crippen LogP contribution in [0.2, 0.25) is 5.02 Å². The molecule has 0 spiro atoms. The van der Waals surface area contributed by atoms with E-state index < -0.39 is 0 Å². The monoisotopic (exact) mass is 442 g/mol. The predicted octanol–water partition coefficient (Wildman–Crippen LogP) is 4.84. The molecule has 154 valence electrons. The highest BCUT2D eigenvalue weighted by Crippen LogP contribution is 2.20. The van der Waals surface area contributed by atoms with Crippen molar-refractivity contribution >= 4 is 46.5 Å². The molecule has 6 nitrogen and oxygen atoms in total. The molecule has 3 aromatic rings. The predicted molar refractivity (Wildman–Crippen MR) is 123 cm³/mol. The molecule has 9 heteroatoms. The van der Waals surface area contributed by atoms with E-state index in [1.807, 2.05) is 38.1 Å². The van der Waals surface area contributed by atoms with Gasteiger partial charge in [0, 0.05) is 11.4 Å². The maximum Gasteiger partial charge on any atom is 0.229 e. The van der Waals surface area contributed by atoms with Crippen LogP contribution >= 0.6 is 23.8 Å². The van der Waals surface area contributed by atoms with Crippen LogP contribution in [-0.4, -0.2) is 21.0 Å². The van der Waals surface area contributed by atoms with Crippen molar-refractivity contribution in [3.8, 4) is 0 Å². The Bertz CT molecular complexity index is 1050. The van der Waals surface area contributed by atoms with Gasteiger partial charge in [-0.1, -0.05) is 35.9 Å². The van der Waals surface area contributed by atoms with Gasteiger partial charge in [0.25, 0.3) is 0 Å². The minimum absolute atomic E-state index is 0.290. The van der Waals surface area contributed by atoms with E-state index in [0.29, 0.717) is 29.2 Å². The third-order valence-corrected chi connectivity index (χ3v) is 4.43. The Labute approximate surface area is 184 Å². The molecule has 0 unspecified atom stereocenters. The number of nitrogens with one attached hydrogen (secondary N) is 3. The first-order valence-corrected chi connectivity index (χ1v) is 9.88. The van der Waals surface area contributed by atoms with E-state index in [1.54, 1.807) is 18.2 Å². The van der Waals surface area contributed by atoms with E-state index in [0.717, 1.165) is 17.0 Å². The molecule has 0 amide bonds. The maximum absolute atomic E-state index is 13.1. The van der Waals surface area contributed by atoms with Crippen molar-refractivity contribution in [3.63, 3.8) is 0 Å². The smallest absolute Gasteiger partial charge is 0.229 e. The van der Waals surface area contributed by atoms with Gasteiger partial charge in [-0.3, -0.25) is 5.32 Å². The SMILES string of the molecule is Cc1cc(C)nc(NC(=NCc2ccc(F)cc2)NC(=S)Nc2ccccc2Cl)n1. The van der Waals surface area contributed by atoms with Gasteiger partial charge in [-0.2, -0.15) is 0 Å². The lowest BCUT2D eigenvalue weighted by atomic mass is 10.2. The average Bonchev–Trinajstić information content (AvgIpc) is 2.68. The summed E-state index contributed by atoms with van der Waals surface area (Å²) in [7, 11) is 0. The van der Waals surface area contributed by atoms with Crippen molar-refractivity contribution in [2.75, 3.05) is 10.6 Å². The largest absolute Gasteiger partial charge is 0.331 e. The van der Waals surface area contributed by atoms with Gasteiger partial charge in [0.1, 0.15) is 5.82 Å². The molecule has 0 saturated heterocycles. The Hall–Kier alpha value is -3.10. The van der Waals surface area contributed by atoms with E-state index in [1.165, 1.54) is 12.1 Å². The van der Waals surface area contributed by atoms with Crippen LogP contribution < -0.4 is 16.0 Å². The van der Waals surface area contributed by atoms with Gasteiger partial charge in [0.05, 0.1) is 17.3 Å². The molecule has 1 heterocycles. The first kappa shape index (κ1) is 21.6. The van der Waals surface area contributed by atoms with E-state index in [9.17, 15) is 4.39 Å². The van der Waals surface area contributed by atoms with Gasteiger partial charge in [0.15, 0.2) is 5.11 Å². The number of aliphatic imine (C=N–C) groups is 1. The summed E-state index contributed by atoms with van der Waals surface area (Å²) in [5.41, 5.74) is 3.14. The Balaban J connectivity index is 1.78. The summed E-state index contributed by atoms with van der Waals surface area (Å²) in [4.78, 5) is 13.3. The van der Waals surface area contributed by atoms with Crippen LogP contribution in [0.3, 0.4) is 0 Å². The molecule has 0 aliphatic carbocycles. The Morgan fingerprint density at radius 2 is 1.70 bits per heavy atom. The number of aryl methyl sites for hydroxylation is 2. The molecular formula is C21H20ClFN6S. The third-order valence-electron chi connectivity index (χ3n) is 3.90. The molecule has 0 saturated carbocycles. The summed E-state index contributed by atoms with van der Waals surface area (Å²) in [5, 5.41) is 9.92. The van der Waals surface area contributed by atoms with Gasteiger partial charge in [-0.15, -0.1) is 0 Å². The molecule has 3 rings (SSSR count). The van der Waals surface area contributed by atoms with E-state index in [2.05, 4.69) is 30.9 Å². The zero-order valence-electron chi connectivity index (χ0n) is 16.4. The first-order valence-electron chi connectivity index (χ1n) is 9.10. The maximum atomic E-state index is 13.1. The van der Waals surface area contributed by atoms with Gasteiger partial charge in [0.2, 0.25) is 11.9 Å². The minimum atomic E-state index is -0.298. The second-order valence-electron chi connectivity index (χ2n) is 6.45. The van der Waals surface area contributed by atoms with E-state index >= 15 is 0 Å². The van der Waals surface area contributed by atoms with E-state index in [-0.39, 0.29) is 10.9 Å². The summed E-state index contributed by atoms with van der Waals surface area (Å²) in [6, 6.07) is 15.2. The number of halogens is 2. The Morgan fingerprint density at radius 3 is 2.37 bits per heavy atom. The average molecular weight is 443 g/mol. The Kier molecular flexibility index (Phi) is 7.26. The lowest BCUT2D eigenvalue weighted by Crippen LogP contribution is -2.39. The van der Waals surface area contributed by atoms with Gasteiger partial charge in [-0.05, 0) is 62.0 Å². The summed E-state index contributed by atoms with van der Waals surface area (Å²) < 4.78 is 13.1. The summed E-state index contributed by atoms with van der Waals surface area (Å²) in [6.45, 7) is 4.06. The van der Waals surface area contributed by atoms with Crippen LogP contribution in [0, 0.1) is 19.7 Å². The number of anilines is 2. The number of hydrogen-bond donors (Lipinski definition) is 3. The molecule has 0 atom stereocenters.